The molecule has 0 unspecified atom stereocenters. The van der Waals surface area contributed by atoms with Gasteiger partial charge in [0.05, 0.1) is 10.6 Å². The van der Waals surface area contributed by atoms with Gasteiger partial charge in [-0.15, -0.1) is 0 Å². The standard InChI is InChI=1S/C14H13ClN6O/c1-21(2)14-19-12(18-13(17)20-14)9(7-16)5-8-3-4-11(22)10(15)6-8/h3-6,22H,1-2H3,(H2,17,18,19,20)/b9-5-. The van der Waals surface area contributed by atoms with Crippen LogP contribution in [0.4, 0.5) is 11.9 Å². The third-order valence-corrected chi connectivity index (χ3v) is 2.99. The molecule has 0 aliphatic carbocycles. The first kappa shape index (κ1) is 15.5. The largest absolute Gasteiger partial charge is 0.506 e. The van der Waals surface area contributed by atoms with E-state index in [2.05, 4.69) is 15.0 Å². The number of phenolic OH excluding ortho intramolecular Hbond substituents is 1. The minimum absolute atomic E-state index is 0.0265. The fraction of sp³-hybridized carbons (Fsp3) is 0.143. The average molecular weight is 317 g/mol. The van der Waals surface area contributed by atoms with E-state index in [0.717, 1.165) is 0 Å². The Bertz CT molecular complexity index is 781. The van der Waals surface area contributed by atoms with E-state index in [1.165, 1.54) is 12.1 Å². The Balaban J connectivity index is 2.50. The molecule has 0 aliphatic heterocycles. The molecule has 22 heavy (non-hydrogen) atoms. The van der Waals surface area contributed by atoms with Gasteiger partial charge in [-0.3, -0.25) is 0 Å². The maximum atomic E-state index is 9.41. The van der Waals surface area contributed by atoms with Crippen molar-refractivity contribution in [3.63, 3.8) is 0 Å². The van der Waals surface area contributed by atoms with Crippen LogP contribution in [0.3, 0.4) is 0 Å². The van der Waals surface area contributed by atoms with Crippen LogP contribution in [0, 0.1) is 11.3 Å². The Kier molecular flexibility index (Phi) is 4.44. The normalized spacial score (nSPS) is 11.1. The number of hydrogen-bond donors (Lipinski definition) is 2. The molecule has 0 fully saturated rings. The van der Waals surface area contributed by atoms with Crippen molar-refractivity contribution in [2.24, 2.45) is 0 Å². The minimum atomic E-state index is -0.0309. The first-order valence-electron chi connectivity index (χ1n) is 6.20. The van der Waals surface area contributed by atoms with Crippen molar-refractivity contribution in [3.8, 4) is 11.8 Å². The number of aromatic nitrogens is 3. The summed E-state index contributed by atoms with van der Waals surface area (Å²) in [5, 5.41) is 18.9. The zero-order chi connectivity index (χ0) is 16.3. The van der Waals surface area contributed by atoms with E-state index in [1.807, 2.05) is 6.07 Å². The van der Waals surface area contributed by atoms with Crippen molar-refractivity contribution < 1.29 is 5.11 Å². The molecule has 112 valence electrons. The lowest BCUT2D eigenvalue weighted by molar-refractivity contribution is 0.475. The number of nitrogen functional groups attached to an aromatic ring is 1. The van der Waals surface area contributed by atoms with Gasteiger partial charge in [0.15, 0.2) is 5.82 Å². The number of hydrogen-bond acceptors (Lipinski definition) is 7. The van der Waals surface area contributed by atoms with E-state index < -0.39 is 0 Å². The number of phenols is 1. The molecular weight excluding hydrogens is 304 g/mol. The Labute approximate surface area is 132 Å². The average Bonchev–Trinajstić information content (AvgIpc) is 2.47. The first-order chi connectivity index (χ1) is 10.4. The van der Waals surface area contributed by atoms with E-state index in [9.17, 15) is 10.4 Å². The van der Waals surface area contributed by atoms with Crippen molar-refractivity contribution in [3.05, 3.63) is 34.6 Å². The first-order valence-corrected chi connectivity index (χ1v) is 6.58. The topological polar surface area (TPSA) is 112 Å². The number of nitriles is 1. The Morgan fingerprint density at radius 1 is 1.36 bits per heavy atom. The number of nitrogens with two attached hydrogens (primary N) is 1. The molecule has 7 nitrogen and oxygen atoms in total. The van der Waals surface area contributed by atoms with Crippen molar-refractivity contribution in [1.82, 2.24) is 15.0 Å². The third kappa shape index (κ3) is 3.42. The van der Waals surface area contributed by atoms with Gasteiger partial charge in [-0.05, 0) is 23.8 Å². The molecular formula is C14H13ClN6O. The smallest absolute Gasteiger partial charge is 0.230 e. The summed E-state index contributed by atoms with van der Waals surface area (Å²) >= 11 is 5.85. The van der Waals surface area contributed by atoms with Crippen LogP contribution < -0.4 is 10.6 Å². The molecule has 0 spiro atoms. The lowest BCUT2D eigenvalue weighted by Crippen LogP contribution is -2.15. The number of nitrogens with zero attached hydrogens (tertiary/aromatic N) is 5. The number of benzene rings is 1. The molecule has 0 bridgehead atoms. The molecule has 0 radical (unpaired) electrons. The second-order valence-corrected chi connectivity index (χ2v) is 5.00. The van der Waals surface area contributed by atoms with Gasteiger partial charge in [-0.2, -0.15) is 20.2 Å². The number of aromatic hydroxyl groups is 1. The number of rotatable bonds is 3. The summed E-state index contributed by atoms with van der Waals surface area (Å²) in [7, 11) is 3.52. The van der Waals surface area contributed by atoms with E-state index in [-0.39, 0.29) is 28.1 Å². The van der Waals surface area contributed by atoms with Crippen LogP contribution in [0.1, 0.15) is 11.4 Å². The van der Waals surface area contributed by atoms with Crippen LogP contribution in [-0.4, -0.2) is 34.2 Å². The lowest BCUT2D eigenvalue weighted by Gasteiger charge is -2.11. The van der Waals surface area contributed by atoms with E-state index in [1.54, 1.807) is 31.1 Å². The Hall–Kier alpha value is -2.85. The summed E-state index contributed by atoms with van der Waals surface area (Å²) in [6.07, 6.45) is 1.56. The van der Waals surface area contributed by atoms with Crippen LogP contribution in [0.25, 0.3) is 11.6 Å². The quantitative estimate of drug-likeness (QED) is 0.832. The molecule has 8 heteroatoms. The molecule has 1 aromatic heterocycles. The molecule has 2 aromatic rings. The van der Waals surface area contributed by atoms with E-state index in [4.69, 9.17) is 17.3 Å². The van der Waals surface area contributed by atoms with Crippen LogP contribution >= 0.6 is 11.6 Å². The summed E-state index contributed by atoms with van der Waals surface area (Å²) in [5.41, 5.74) is 6.48. The van der Waals surface area contributed by atoms with Crippen molar-refractivity contribution in [1.29, 1.82) is 5.26 Å². The summed E-state index contributed by atoms with van der Waals surface area (Å²) in [5.74, 6) is 0.519. The number of halogens is 1. The molecule has 0 aliphatic rings. The zero-order valence-corrected chi connectivity index (χ0v) is 12.7. The van der Waals surface area contributed by atoms with Gasteiger partial charge in [0, 0.05) is 14.1 Å². The van der Waals surface area contributed by atoms with Gasteiger partial charge in [0.1, 0.15) is 11.8 Å². The molecule has 0 atom stereocenters. The highest BCUT2D eigenvalue weighted by Crippen LogP contribution is 2.26. The molecule has 0 saturated carbocycles. The van der Waals surface area contributed by atoms with Gasteiger partial charge < -0.3 is 15.7 Å². The zero-order valence-electron chi connectivity index (χ0n) is 11.9. The molecule has 1 aromatic carbocycles. The number of allylic oxidation sites excluding steroid dienone is 1. The SMILES string of the molecule is CN(C)c1nc(N)nc(/C(C#N)=C\c2ccc(O)c(Cl)c2)n1. The third-order valence-electron chi connectivity index (χ3n) is 2.68. The van der Waals surface area contributed by atoms with Gasteiger partial charge >= 0.3 is 0 Å². The van der Waals surface area contributed by atoms with E-state index >= 15 is 0 Å². The highest BCUT2D eigenvalue weighted by atomic mass is 35.5. The molecule has 3 N–H and O–H groups in total. The second kappa shape index (κ2) is 6.28. The minimum Gasteiger partial charge on any atom is -0.506 e. The maximum absolute atomic E-state index is 9.41. The van der Waals surface area contributed by atoms with E-state index in [0.29, 0.717) is 11.5 Å². The summed E-state index contributed by atoms with van der Waals surface area (Å²) in [4.78, 5) is 13.8. The summed E-state index contributed by atoms with van der Waals surface area (Å²) < 4.78 is 0. The van der Waals surface area contributed by atoms with Crippen molar-refractivity contribution in [2.75, 3.05) is 24.7 Å². The van der Waals surface area contributed by atoms with Crippen molar-refractivity contribution in [2.45, 2.75) is 0 Å². The van der Waals surface area contributed by atoms with Gasteiger partial charge in [-0.25, -0.2) is 0 Å². The van der Waals surface area contributed by atoms with Crippen LogP contribution in [0.5, 0.6) is 5.75 Å². The molecule has 0 saturated heterocycles. The fourth-order valence-corrected chi connectivity index (χ4v) is 1.82. The summed E-state index contributed by atoms with van der Waals surface area (Å²) in [6.45, 7) is 0. The fourth-order valence-electron chi connectivity index (χ4n) is 1.63. The van der Waals surface area contributed by atoms with Gasteiger partial charge in [0.2, 0.25) is 11.9 Å². The van der Waals surface area contributed by atoms with Crippen LogP contribution in [-0.2, 0) is 0 Å². The maximum Gasteiger partial charge on any atom is 0.230 e. The predicted molar refractivity (Wildman–Crippen MR) is 85.2 cm³/mol. The van der Waals surface area contributed by atoms with Gasteiger partial charge in [0.25, 0.3) is 0 Å². The summed E-state index contributed by atoms with van der Waals surface area (Å²) in [6, 6.07) is 6.62. The highest BCUT2D eigenvalue weighted by molar-refractivity contribution is 6.32. The Morgan fingerprint density at radius 3 is 2.68 bits per heavy atom. The highest BCUT2D eigenvalue weighted by Gasteiger charge is 2.11. The Morgan fingerprint density at radius 2 is 2.09 bits per heavy atom. The monoisotopic (exact) mass is 316 g/mol. The molecule has 1 heterocycles. The predicted octanol–water partition coefficient (Wildman–Crippen LogP) is 1.94. The lowest BCUT2D eigenvalue weighted by atomic mass is 10.1. The molecule has 2 rings (SSSR count). The van der Waals surface area contributed by atoms with Gasteiger partial charge in [-0.1, -0.05) is 17.7 Å². The molecule has 0 amide bonds. The second-order valence-electron chi connectivity index (χ2n) is 4.59. The van der Waals surface area contributed by atoms with Crippen LogP contribution in [0.2, 0.25) is 5.02 Å². The number of anilines is 2. The van der Waals surface area contributed by atoms with Crippen LogP contribution in [0.15, 0.2) is 18.2 Å². The van der Waals surface area contributed by atoms with Crippen molar-refractivity contribution >= 4 is 35.1 Å².